The molecule has 18 heavy (non-hydrogen) atoms. The zero-order valence-electron chi connectivity index (χ0n) is 10.9. The highest BCUT2D eigenvalue weighted by molar-refractivity contribution is 5.82. The van der Waals surface area contributed by atoms with Crippen LogP contribution in [-0.2, 0) is 11.2 Å². The molecule has 1 aromatic carbocycles. The van der Waals surface area contributed by atoms with E-state index < -0.39 is 0 Å². The maximum absolute atomic E-state index is 13.4. The van der Waals surface area contributed by atoms with Gasteiger partial charge in [-0.2, -0.15) is 0 Å². The lowest BCUT2D eigenvalue weighted by molar-refractivity contribution is -0.119. The zero-order valence-corrected chi connectivity index (χ0v) is 10.9. The third kappa shape index (κ3) is 3.39. The quantitative estimate of drug-likeness (QED) is 0.799. The van der Waals surface area contributed by atoms with Crippen molar-refractivity contribution >= 4 is 5.78 Å². The number of carbonyl (C=O) groups is 1. The van der Waals surface area contributed by atoms with Crippen LogP contribution in [0.5, 0.6) is 0 Å². The molecule has 1 aliphatic heterocycles. The molecule has 2 rings (SSSR count). The van der Waals surface area contributed by atoms with Crippen molar-refractivity contribution in [3.63, 3.8) is 0 Å². The number of rotatable bonds is 5. The van der Waals surface area contributed by atoms with E-state index in [9.17, 15) is 9.18 Å². The fourth-order valence-electron chi connectivity index (χ4n) is 2.55. The van der Waals surface area contributed by atoms with Crippen molar-refractivity contribution in [3.05, 3.63) is 35.6 Å². The Hall–Kier alpha value is -1.22. The van der Waals surface area contributed by atoms with Crippen LogP contribution in [0.2, 0.25) is 0 Å². The molecule has 0 radical (unpaired) electrons. The van der Waals surface area contributed by atoms with Gasteiger partial charge in [0.15, 0.2) is 5.78 Å². The number of hydrogen-bond acceptors (Lipinski definition) is 2. The van der Waals surface area contributed by atoms with E-state index in [-0.39, 0.29) is 18.0 Å². The van der Waals surface area contributed by atoms with Crippen LogP contribution in [0.25, 0.3) is 0 Å². The highest BCUT2D eigenvalue weighted by Crippen LogP contribution is 2.19. The summed E-state index contributed by atoms with van der Waals surface area (Å²) in [6.45, 7) is 4.67. The predicted octanol–water partition coefficient (Wildman–Crippen LogP) is 2.67. The Kier molecular flexibility index (Phi) is 4.48. The molecular formula is C15H20FNO. The Morgan fingerprint density at radius 1 is 1.44 bits per heavy atom. The van der Waals surface area contributed by atoms with Gasteiger partial charge >= 0.3 is 0 Å². The largest absolute Gasteiger partial charge is 0.298 e. The number of halogens is 1. The van der Waals surface area contributed by atoms with Gasteiger partial charge in [-0.25, -0.2) is 4.39 Å². The Morgan fingerprint density at radius 2 is 2.22 bits per heavy atom. The lowest BCUT2D eigenvalue weighted by atomic mass is 10.1. The Balaban J connectivity index is 1.84. The average molecular weight is 249 g/mol. The van der Waals surface area contributed by atoms with Crippen molar-refractivity contribution in [2.24, 2.45) is 5.92 Å². The molecule has 0 aromatic heterocycles. The highest BCUT2D eigenvalue weighted by atomic mass is 19.1. The zero-order chi connectivity index (χ0) is 13.0. The normalized spacial score (nSPS) is 20.2. The molecule has 0 spiro atoms. The van der Waals surface area contributed by atoms with E-state index >= 15 is 0 Å². The van der Waals surface area contributed by atoms with Crippen molar-refractivity contribution in [1.29, 1.82) is 0 Å². The van der Waals surface area contributed by atoms with E-state index in [1.807, 2.05) is 0 Å². The van der Waals surface area contributed by atoms with E-state index in [4.69, 9.17) is 0 Å². The molecule has 98 valence electrons. The molecule has 0 N–H and O–H groups in total. The third-order valence-corrected chi connectivity index (χ3v) is 3.69. The van der Waals surface area contributed by atoms with E-state index in [1.165, 1.54) is 18.9 Å². The van der Waals surface area contributed by atoms with Gasteiger partial charge in [-0.3, -0.25) is 9.69 Å². The van der Waals surface area contributed by atoms with Crippen molar-refractivity contribution < 1.29 is 9.18 Å². The number of Topliss-reactive ketones (excluding diaryl/α,β-unsaturated/α-hetero) is 1. The standard InChI is InChI=1S/C15H20FNO/c1-2-12-7-8-17(10-12)11-14(18)9-13-5-3-4-6-15(13)16/h3-6,12H,2,7-11H2,1H3. The van der Waals surface area contributed by atoms with Crippen molar-refractivity contribution in [1.82, 2.24) is 4.90 Å². The van der Waals surface area contributed by atoms with Gasteiger partial charge in [-0.15, -0.1) is 0 Å². The fourth-order valence-corrected chi connectivity index (χ4v) is 2.55. The van der Waals surface area contributed by atoms with Gasteiger partial charge in [0.05, 0.1) is 6.54 Å². The molecule has 1 atom stereocenters. The maximum Gasteiger partial charge on any atom is 0.151 e. The van der Waals surface area contributed by atoms with Gasteiger partial charge in [-0.1, -0.05) is 31.5 Å². The monoisotopic (exact) mass is 249 g/mol. The highest BCUT2D eigenvalue weighted by Gasteiger charge is 2.22. The van der Waals surface area contributed by atoms with Gasteiger partial charge in [0.25, 0.3) is 0 Å². The summed E-state index contributed by atoms with van der Waals surface area (Å²) in [6.07, 6.45) is 2.57. The fraction of sp³-hybridized carbons (Fsp3) is 0.533. The van der Waals surface area contributed by atoms with Gasteiger partial charge < -0.3 is 0 Å². The summed E-state index contributed by atoms with van der Waals surface area (Å²) >= 11 is 0. The van der Waals surface area contributed by atoms with Crippen molar-refractivity contribution in [2.45, 2.75) is 26.2 Å². The Morgan fingerprint density at radius 3 is 2.89 bits per heavy atom. The molecule has 1 saturated heterocycles. The van der Waals surface area contributed by atoms with E-state index in [1.54, 1.807) is 18.2 Å². The van der Waals surface area contributed by atoms with E-state index in [0.29, 0.717) is 12.1 Å². The minimum atomic E-state index is -0.279. The number of benzene rings is 1. The minimum absolute atomic E-state index is 0.108. The first kappa shape index (κ1) is 13.2. The van der Waals surface area contributed by atoms with Crippen LogP contribution in [0.15, 0.2) is 24.3 Å². The summed E-state index contributed by atoms with van der Waals surface area (Å²) in [6, 6.07) is 6.52. The molecule has 0 amide bonds. The summed E-state index contributed by atoms with van der Waals surface area (Å²) < 4.78 is 13.4. The Bertz CT molecular complexity index is 419. The second kappa shape index (κ2) is 6.10. The molecule has 0 saturated carbocycles. The maximum atomic E-state index is 13.4. The average Bonchev–Trinajstić information content (AvgIpc) is 2.80. The van der Waals surface area contributed by atoms with Crippen LogP contribution in [0.3, 0.4) is 0 Å². The van der Waals surface area contributed by atoms with Crippen LogP contribution in [-0.4, -0.2) is 30.3 Å². The second-order valence-corrected chi connectivity index (χ2v) is 5.10. The summed E-state index contributed by atoms with van der Waals surface area (Å²) in [5.74, 6) is 0.557. The summed E-state index contributed by atoms with van der Waals surface area (Å²) in [5.41, 5.74) is 0.508. The van der Waals surface area contributed by atoms with E-state index in [0.717, 1.165) is 19.0 Å². The first-order chi connectivity index (χ1) is 8.69. The van der Waals surface area contributed by atoms with Crippen LogP contribution in [0.1, 0.15) is 25.3 Å². The van der Waals surface area contributed by atoms with Crippen LogP contribution in [0, 0.1) is 11.7 Å². The minimum Gasteiger partial charge on any atom is -0.298 e. The second-order valence-electron chi connectivity index (χ2n) is 5.10. The molecule has 0 bridgehead atoms. The van der Waals surface area contributed by atoms with Crippen molar-refractivity contribution in [3.8, 4) is 0 Å². The molecule has 3 heteroatoms. The first-order valence-electron chi connectivity index (χ1n) is 6.66. The van der Waals surface area contributed by atoms with Crippen LogP contribution < -0.4 is 0 Å². The topological polar surface area (TPSA) is 20.3 Å². The molecule has 1 unspecified atom stereocenters. The number of nitrogens with zero attached hydrogens (tertiary/aromatic N) is 1. The lowest BCUT2D eigenvalue weighted by Gasteiger charge is -2.14. The number of likely N-dealkylation sites (tertiary alicyclic amines) is 1. The van der Waals surface area contributed by atoms with Crippen LogP contribution in [0.4, 0.5) is 4.39 Å². The molecule has 2 nitrogen and oxygen atoms in total. The molecule has 1 fully saturated rings. The Labute approximate surface area is 108 Å². The number of hydrogen-bond donors (Lipinski definition) is 0. The smallest absolute Gasteiger partial charge is 0.151 e. The number of ketones is 1. The first-order valence-corrected chi connectivity index (χ1v) is 6.66. The number of carbonyl (C=O) groups excluding carboxylic acids is 1. The SMILES string of the molecule is CCC1CCN(CC(=O)Cc2ccccc2F)C1. The van der Waals surface area contributed by atoms with Gasteiger partial charge in [0.1, 0.15) is 5.82 Å². The molecule has 1 aliphatic rings. The van der Waals surface area contributed by atoms with Gasteiger partial charge in [0.2, 0.25) is 0 Å². The summed E-state index contributed by atoms with van der Waals surface area (Å²) in [7, 11) is 0. The molecule has 0 aliphatic carbocycles. The molecule has 1 aromatic rings. The van der Waals surface area contributed by atoms with Gasteiger partial charge in [0, 0.05) is 13.0 Å². The summed E-state index contributed by atoms with van der Waals surface area (Å²) in [5, 5.41) is 0. The molecular weight excluding hydrogens is 229 g/mol. The van der Waals surface area contributed by atoms with Crippen molar-refractivity contribution in [2.75, 3.05) is 19.6 Å². The molecule has 1 heterocycles. The van der Waals surface area contributed by atoms with Gasteiger partial charge in [-0.05, 0) is 30.5 Å². The van der Waals surface area contributed by atoms with Crippen LogP contribution >= 0.6 is 0 Å². The predicted molar refractivity (Wildman–Crippen MR) is 69.9 cm³/mol. The lowest BCUT2D eigenvalue weighted by Crippen LogP contribution is -2.28. The third-order valence-electron chi connectivity index (χ3n) is 3.69. The summed E-state index contributed by atoms with van der Waals surface area (Å²) in [4.78, 5) is 14.1. The van der Waals surface area contributed by atoms with E-state index in [2.05, 4.69) is 11.8 Å².